The normalized spacial score (nSPS) is 11.3. The number of nitrogens with zero attached hydrogens (tertiary/aromatic N) is 4. The highest BCUT2D eigenvalue weighted by molar-refractivity contribution is 6.03. The Balaban J connectivity index is 1.61. The minimum absolute atomic E-state index is 0.0949. The van der Waals surface area contributed by atoms with Gasteiger partial charge in [-0.15, -0.1) is 0 Å². The maximum Gasteiger partial charge on any atom is 0.263 e. The van der Waals surface area contributed by atoms with Crippen molar-refractivity contribution < 1.29 is 4.79 Å². The van der Waals surface area contributed by atoms with Crippen LogP contribution in [0.5, 0.6) is 0 Å². The van der Waals surface area contributed by atoms with E-state index in [1.165, 1.54) is 0 Å². The number of nitrogens with one attached hydrogen (secondary N) is 1. The molecule has 0 fully saturated rings. The fourth-order valence-corrected chi connectivity index (χ4v) is 4.19. The molecular weight excluding hydrogens is 426 g/mol. The summed E-state index contributed by atoms with van der Waals surface area (Å²) in [6.45, 7) is 10.1. The molecule has 0 unspecified atom stereocenters. The lowest BCUT2D eigenvalue weighted by atomic mass is 10.1. The molecule has 0 aliphatic rings. The van der Waals surface area contributed by atoms with Crippen LogP contribution in [0.4, 0.5) is 5.95 Å². The van der Waals surface area contributed by atoms with E-state index >= 15 is 0 Å². The van der Waals surface area contributed by atoms with Crippen molar-refractivity contribution in [2.45, 2.75) is 33.9 Å². The minimum Gasteiger partial charge on any atom is -0.310 e. The number of anilines is 1. The number of amides is 1. The Hall–Kier alpha value is -3.71. The molecule has 2 aromatic heterocycles. The Morgan fingerprint density at radius 3 is 2.59 bits per heavy atom. The molecule has 7 heteroatoms. The molecule has 4 aromatic rings. The van der Waals surface area contributed by atoms with Crippen molar-refractivity contribution in [2.75, 3.05) is 25.0 Å². The van der Waals surface area contributed by atoms with Crippen LogP contribution in [0.3, 0.4) is 0 Å². The number of aromatic nitrogens is 3. The van der Waals surface area contributed by atoms with E-state index in [4.69, 9.17) is 0 Å². The van der Waals surface area contributed by atoms with Gasteiger partial charge >= 0.3 is 0 Å². The number of fused-ring (bicyclic) bond motifs is 1. The van der Waals surface area contributed by atoms with Gasteiger partial charge in [0.25, 0.3) is 11.5 Å². The van der Waals surface area contributed by atoms with Crippen molar-refractivity contribution in [1.82, 2.24) is 19.0 Å². The van der Waals surface area contributed by atoms with Gasteiger partial charge < -0.3 is 14.0 Å². The second kappa shape index (κ2) is 10.5. The lowest BCUT2D eigenvalue weighted by Crippen LogP contribution is -2.30. The maximum absolute atomic E-state index is 13.2. The molecule has 176 valence electrons. The van der Waals surface area contributed by atoms with E-state index in [0.29, 0.717) is 19.0 Å². The van der Waals surface area contributed by atoms with Gasteiger partial charge in [0.15, 0.2) is 0 Å². The van der Waals surface area contributed by atoms with Gasteiger partial charge in [-0.1, -0.05) is 55.8 Å². The van der Waals surface area contributed by atoms with Gasteiger partial charge in [-0.25, -0.2) is 4.98 Å². The number of likely N-dealkylation sites (N-methyl/N-ethyl adjacent to an activating group) is 1. The fourth-order valence-electron chi connectivity index (χ4n) is 4.19. The number of imidazole rings is 1. The summed E-state index contributed by atoms with van der Waals surface area (Å²) in [4.78, 5) is 33.3. The van der Waals surface area contributed by atoms with Gasteiger partial charge in [-0.05, 0) is 49.8 Å². The van der Waals surface area contributed by atoms with E-state index in [1.54, 1.807) is 22.9 Å². The predicted octanol–water partition coefficient (Wildman–Crippen LogP) is 4.15. The van der Waals surface area contributed by atoms with E-state index in [1.807, 2.05) is 60.0 Å². The van der Waals surface area contributed by atoms with Crippen LogP contribution in [0.25, 0.3) is 11.0 Å². The van der Waals surface area contributed by atoms with E-state index < -0.39 is 5.91 Å². The van der Waals surface area contributed by atoms with Crippen molar-refractivity contribution in [1.29, 1.82) is 0 Å². The van der Waals surface area contributed by atoms with Gasteiger partial charge in [0.2, 0.25) is 5.95 Å². The molecule has 2 heterocycles. The summed E-state index contributed by atoms with van der Waals surface area (Å²) < 4.78 is 3.58. The van der Waals surface area contributed by atoms with Gasteiger partial charge in [-0.2, -0.15) is 0 Å². The van der Waals surface area contributed by atoms with Crippen LogP contribution in [0.1, 0.15) is 35.3 Å². The van der Waals surface area contributed by atoms with Crippen LogP contribution in [-0.2, 0) is 13.1 Å². The number of hydrogen-bond donors (Lipinski definition) is 1. The first-order chi connectivity index (χ1) is 16.5. The maximum atomic E-state index is 13.2. The first-order valence-corrected chi connectivity index (χ1v) is 11.7. The zero-order chi connectivity index (χ0) is 24.1. The molecule has 4 rings (SSSR count). The summed E-state index contributed by atoms with van der Waals surface area (Å²) in [5.41, 5.74) is 3.67. The van der Waals surface area contributed by atoms with E-state index in [0.717, 1.165) is 41.8 Å². The topological polar surface area (TPSA) is 72.2 Å². The summed E-state index contributed by atoms with van der Waals surface area (Å²) in [5, 5.41) is 2.90. The SMILES string of the molecule is CCN(CC)CCn1c(NC(=O)c2cccn(Cc3cccc(C)c3)c2=O)nc2ccccc21. The Morgan fingerprint density at radius 2 is 1.82 bits per heavy atom. The molecule has 0 atom stereocenters. The molecule has 0 bridgehead atoms. The Kier molecular flexibility index (Phi) is 7.23. The molecule has 34 heavy (non-hydrogen) atoms. The number of aryl methyl sites for hydroxylation is 1. The number of benzene rings is 2. The lowest BCUT2D eigenvalue weighted by molar-refractivity contribution is 0.102. The average molecular weight is 458 g/mol. The number of carbonyl (C=O) groups excluding carboxylic acids is 1. The number of rotatable bonds is 9. The van der Waals surface area contributed by atoms with Crippen LogP contribution < -0.4 is 10.9 Å². The van der Waals surface area contributed by atoms with Crippen LogP contribution in [0.2, 0.25) is 0 Å². The number of para-hydroxylation sites is 2. The second-order valence-electron chi connectivity index (χ2n) is 8.40. The van der Waals surface area contributed by atoms with E-state index in [9.17, 15) is 9.59 Å². The summed E-state index contributed by atoms with van der Waals surface area (Å²) in [6.07, 6.45) is 1.71. The Labute approximate surface area is 199 Å². The highest BCUT2D eigenvalue weighted by Crippen LogP contribution is 2.20. The van der Waals surface area contributed by atoms with Gasteiger partial charge in [0.1, 0.15) is 5.56 Å². The third kappa shape index (κ3) is 5.10. The first-order valence-electron chi connectivity index (χ1n) is 11.7. The molecule has 0 aliphatic carbocycles. The van der Waals surface area contributed by atoms with Gasteiger partial charge in [0.05, 0.1) is 17.6 Å². The fraction of sp³-hybridized carbons (Fsp3) is 0.296. The van der Waals surface area contributed by atoms with Gasteiger partial charge in [0, 0.05) is 19.3 Å². The number of carbonyl (C=O) groups is 1. The number of pyridine rings is 1. The van der Waals surface area contributed by atoms with Crippen LogP contribution in [-0.4, -0.2) is 44.6 Å². The first kappa shape index (κ1) is 23.4. The van der Waals surface area contributed by atoms with Crippen molar-refractivity contribution in [3.8, 4) is 0 Å². The van der Waals surface area contributed by atoms with E-state index in [-0.39, 0.29) is 11.1 Å². The summed E-state index contributed by atoms with van der Waals surface area (Å²) in [6, 6.07) is 19.1. The molecule has 0 saturated carbocycles. The summed E-state index contributed by atoms with van der Waals surface area (Å²) in [7, 11) is 0. The molecule has 1 amide bonds. The quantitative estimate of drug-likeness (QED) is 0.410. The monoisotopic (exact) mass is 457 g/mol. The third-order valence-corrected chi connectivity index (χ3v) is 6.11. The molecule has 0 aliphatic heterocycles. The lowest BCUT2D eigenvalue weighted by Gasteiger charge is -2.19. The third-order valence-electron chi connectivity index (χ3n) is 6.11. The molecule has 2 aromatic carbocycles. The molecular formula is C27H31N5O2. The highest BCUT2D eigenvalue weighted by Gasteiger charge is 2.18. The molecule has 0 saturated heterocycles. The summed E-state index contributed by atoms with van der Waals surface area (Å²) in [5.74, 6) is -0.00479. The predicted molar refractivity (Wildman–Crippen MR) is 136 cm³/mol. The Morgan fingerprint density at radius 1 is 1.03 bits per heavy atom. The highest BCUT2D eigenvalue weighted by atomic mass is 16.2. The second-order valence-corrected chi connectivity index (χ2v) is 8.40. The number of hydrogen-bond acceptors (Lipinski definition) is 4. The standard InChI is InChI=1S/C27H31N5O2/c1-4-30(5-2)16-17-32-24-14-7-6-13-23(24)28-27(32)29-25(33)22-12-9-15-31(26(22)34)19-21-11-8-10-20(3)18-21/h6-15,18H,4-5,16-17,19H2,1-3H3,(H,28,29,33). The summed E-state index contributed by atoms with van der Waals surface area (Å²) >= 11 is 0. The van der Waals surface area contributed by atoms with Crippen molar-refractivity contribution >= 4 is 22.9 Å². The van der Waals surface area contributed by atoms with Crippen LogP contribution in [0.15, 0.2) is 71.7 Å². The van der Waals surface area contributed by atoms with Gasteiger partial charge in [-0.3, -0.25) is 14.9 Å². The molecule has 0 radical (unpaired) electrons. The smallest absolute Gasteiger partial charge is 0.263 e. The van der Waals surface area contributed by atoms with Crippen LogP contribution >= 0.6 is 0 Å². The van der Waals surface area contributed by atoms with Crippen LogP contribution in [0, 0.1) is 6.92 Å². The molecule has 7 nitrogen and oxygen atoms in total. The van der Waals surface area contributed by atoms with E-state index in [2.05, 4.69) is 29.0 Å². The Bertz CT molecular complexity index is 1350. The van der Waals surface area contributed by atoms with Crippen molar-refractivity contribution in [2.24, 2.45) is 0 Å². The minimum atomic E-state index is -0.456. The zero-order valence-electron chi connectivity index (χ0n) is 20.0. The van der Waals surface area contributed by atoms with Crippen molar-refractivity contribution in [3.63, 3.8) is 0 Å². The largest absolute Gasteiger partial charge is 0.310 e. The molecule has 1 N–H and O–H groups in total. The zero-order valence-corrected chi connectivity index (χ0v) is 20.0. The molecule has 0 spiro atoms. The van der Waals surface area contributed by atoms with Crippen molar-refractivity contribution in [3.05, 3.63) is 93.9 Å². The average Bonchev–Trinajstić information content (AvgIpc) is 3.18.